The van der Waals surface area contributed by atoms with E-state index in [-0.39, 0.29) is 0 Å². The zero-order valence-corrected chi connectivity index (χ0v) is 15.3. The van der Waals surface area contributed by atoms with E-state index in [1.807, 2.05) is 13.8 Å². The Kier molecular flexibility index (Phi) is 5.67. The highest BCUT2D eigenvalue weighted by Gasteiger charge is 2.24. The molecule has 0 spiro atoms. The maximum atomic E-state index is 10.8. The normalized spacial score (nSPS) is 20.4. The largest absolute Gasteiger partial charge is 0.507 e. The maximum absolute atomic E-state index is 10.8. The molecule has 1 aromatic rings. The average Bonchev–Trinajstić information content (AvgIpc) is 2.63. The van der Waals surface area contributed by atoms with Crippen molar-refractivity contribution in [3.8, 4) is 11.5 Å². The molecular formula is C20H32N2O2. The number of benzene rings is 1. The van der Waals surface area contributed by atoms with Crippen LogP contribution in [0.3, 0.4) is 0 Å². The maximum Gasteiger partial charge on any atom is 0.123 e. The standard InChI is InChI=1S/C20H32N2O2/c1-15-16(2)20(24)18(14-22-11-7-4-8-12-22)17(19(15)23)13-21-9-5-3-6-10-21/h23-24H,3-14H2,1-2H3. The van der Waals surface area contributed by atoms with Crippen LogP contribution >= 0.6 is 0 Å². The molecule has 2 heterocycles. The van der Waals surface area contributed by atoms with E-state index in [0.717, 1.165) is 61.5 Å². The fourth-order valence-electron chi connectivity index (χ4n) is 4.12. The summed E-state index contributed by atoms with van der Waals surface area (Å²) in [7, 11) is 0. The summed E-state index contributed by atoms with van der Waals surface area (Å²) in [5.41, 5.74) is 3.54. The van der Waals surface area contributed by atoms with Crippen LogP contribution in [-0.4, -0.2) is 46.2 Å². The van der Waals surface area contributed by atoms with Crippen LogP contribution in [0.5, 0.6) is 11.5 Å². The molecule has 0 aromatic heterocycles. The first-order valence-electron chi connectivity index (χ1n) is 9.55. The number of piperidine rings is 2. The van der Waals surface area contributed by atoms with Gasteiger partial charge in [-0.1, -0.05) is 12.8 Å². The van der Waals surface area contributed by atoms with Crippen molar-refractivity contribution >= 4 is 0 Å². The molecule has 24 heavy (non-hydrogen) atoms. The zero-order chi connectivity index (χ0) is 17.1. The van der Waals surface area contributed by atoms with Gasteiger partial charge in [0, 0.05) is 24.2 Å². The van der Waals surface area contributed by atoms with Crippen molar-refractivity contribution in [3.63, 3.8) is 0 Å². The number of aromatic hydroxyl groups is 2. The van der Waals surface area contributed by atoms with Crippen LogP contribution in [-0.2, 0) is 13.1 Å². The van der Waals surface area contributed by atoms with Crippen molar-refractivity contribution < 1.29 is 10.2 Å². The highest BCUT2D eigenvalue weighted by atomic mass is 16.3. The SMILES string of the molecule is Cc1c(C)c(O)c(CN2CCCCC2)c(CN2CCCCC2)c1O. The van der Waals surface area contributed by atoms with Gasteiger partial charge in [0.1, 0.15) is 11.5 Å². The third-order valence-electron chi connectivity index (χ3n) is 5.87. The first-order valence-corrected chi connectivity index (χ1v) is 9.55. The Morgan fingerprint density at radius 2 is 0.958 bits per heavy atom. The summed E-state index contributed by atoms with van der Waals surface area (Å²) in [6, 6.07) is 0. The quantitative estimate of drug-likeness (QED) is 0.826. The van der Waals surface area contributed by atoms with Crippen LogP contribution < -0.4 is 0 Å². The zero-order valence-electron chi connectivity index (χ0n) is 15.3. The van der Waals surface area contributed by atoms with E-state index in [0.29, 0.717) is 11.5 Å². The molecule has 4 heteroatoms. The highest BCUT2D eigenvalue weighted by molar-refractivity contribution is 5.57. The average molecular weight is 332 g/mol. The van der Waals surface area contributed by atoms with Crippen LogP contribution in [0.4, 0.5) is 0 Å². The Labute approximate surface area is 146 Å². The minimum Gasteiger partial charge on any atom is -0.507 e. The minimum atomic E-state index is 0.392. The molecule has 0 atom stereocenters. The number of likely N-dealkylation sites (tertiary alicyclic amines) is 2. The van der Waals surface area contributed by atoms with Gasteiger partial charge in [0.15, 0.2) is 0 Å². The first kappa shape index (κ1) is 17.6. The molecule has 2 fully saturated rings. The van der Waals surface area contributed by atoms with Gasteiger partial charge in [-0.3, -0.25) is 9.80 Å². The third kappa shape index (κ3) is 3.70. The fraction of sp³-hybridized carbons (Fsp3) is 0.700. The van der Waals surface area contributed by atoms with Crippen LogP contribution in [0.1, 0.15) is 60.8 Å². The number of rotatable bonds is 4. The summed E-state index contributed by atoms with van der Waals surface area (Å²) in [5, 5.41) is 21.6. The van der Waals surface area contributed by atoms with Gasteiger partial charge in [-0.15, -0.1) is 0 Å². The number of hydrogen-bond acceptors (Lipinski definition) is 4. The van der Waals surface area contributed by atoms with Crippen molar-refractivity contribution in [2.24, 2.45) is 0 Å². The fourth-order valence-corrected chi connectivity index (χ4v) is 4.12. The van der Waals surface area contributed by atoms with Crippen molar-refractivity contribution in [3.05, 3.63) is 22.3 Å². The van der Waals surface area contributed by atoms with Gasteiger partial charge in [0.25, 0.3) is 0 Å². The van der Waals surface area contributed by atoms with Crippen molar-refractivity contribution in [2.45, 2.75) is 65.5 Å². The second-order valence-corrected chi connectivity index (χ2v) is 7.58. The number of phenols is 2. The Bertz CT molecular complexity index is 523. The van der Waals surface area contributed by atoms with Gasteiger partial charge in [-0.05, 0) is 76.8 Å². The summed E-state index contributed by atoms with van der Waals surface area (Å²) >= 11 is 0. The highest BCUT2D eigenvalue weighted by Crippen LogP contribution is 2.38. The lowest BCUT2D eigenvalue weighted by Crippen LogP contribution is -2.32. The smallest absolute Gasteiger partial charge is 0.123 e. The summed E-state index contributed by atoms with van der Waals surface area (Å²) in [6.45, 7) is 9.70. The predicted molar refractivity (Wildman–Crippen MR) is 97.5 cm³/mol. The van der Waals surface area contributed by atoms with Crippen LogP contribution in [0.2, 0.25) is 0 Å². The van der Waals surface area contributed by atoms with Crippen molar-refractivity contribution in [1.82, 2.24) is 9.80 Å². The number of phenolic OH excluding ortho intramolecular Hbond substituents is 2. The third-order valence-corrected chi connectivity index (χ3v) is 5.87. The first-order chi connectivity index (χ1) is 11.6. The van der Waals surface area contributed by atoms with E-state index in [9.17, 15) is 10.2 Å². The van der Waals surface area contributed by atoms with E-state index in [4.69, 9.17) is 0 Å². The molecule has 0 unspecified atom stereocenters. The lowest BCUT2D eigenvalue weighted by molar-refractivity contribution is 0.205. The van der Waals surface area contributed by atoms with Gasteiger partial charge < -0.3 is 10.2 Å². The Hall–Kier alpha value is -1.26. The monoisotopic (exact) mass is 332 g/mol. The summed E-state index contributed by atoms with van der Waals surface area (Å²) in [4.78, 5) is 4.85. The van der Waals surface area contributed by atoms with E-state index >= 15 is 0 Å². The lowest BCUT2D eigenvalue weighted by atomic mass is 9.94. The van der Waals surface area contributed by atoms with E-state index in [1.54, 1.807) is 0 Å². The Morgan fingerprint density at radius 3 is 1.29 bits per heavy atom. The van der Waals surface area contributed by atoms with Crippen LogP contribution in [0, 0.1) is 13.8 Å². The van der Waals surface area contributed by atoms with Crippen molar-refractivity contribution in [2.75, 3.05) is 26.2 Å². The molecule has 2 aliphatic heterocycles. The molecular weight excluding hydrogens is 300 g/mol. The molecule has 2 N–H and O–H groups in total. The summed E-state index contributed by atoms with van der Waals surface area (Å²) in [5.74, 6) is 0.783. The predicted octanol–water partition coefficient (Wildman–Crippen LogP) is 3.69. The molecule has 1 aromatic carbocycles. The van der Waals surface area contributed by atoms with E-state index in [1.165, 1.54) is 38.5 Å². The topological polar surface area (TPSA) is 46.9 Å². The lowest BCUT2D eigenvalue weighted by Gasteiger charge is -2.31. The molecule has 134 valence electrons. The Morgan fingerprint density at radius 1 is 0.625 bits per heavy atom. The van der Waals surface area contributed by atoms with E-state index in [2.05, 4.69) is 9.80 Å². The second-order valence-electron chi connectivity index (χ2n) is 7.58. The molecule has 2 aliphatic rings. The van der Waals surface area contributed by atoms with Crippen LogP contribution in [0.25, 0.3) is 0 Å². The molecule has 3 rings (SSSR count). The minimum absolute atomic E-state index is 0.392. The van der Waals surface area contributed by atoms with Gasteiger partial charge in [0.2, 0.25) is 0 Å². The number of hydrogen-bond donors (Lipinski definition) is 2. The Balaban J connectivity index is 1.90. The van der Waals surface area contributed by atoms with E-state index < -0.39 is 0 Å². The van der Waals surface area contributed by atoms with Crippen LogP contribution in [0.15, 0.2) is 0 Å². The van der Waals surface area contributed by atoms with Gasteiger partial charge in [-0.25, -0.2) is 0 Å². The molecule has 0 bridgehead atoms. The molecule has 0 amide bonds. The molecule has 0 radical (unpaired) electrons. The molecule has 4 nitrogen and oxygen atoms in total. The molecule has 0 aliphatic carbocycles. The van der Waals surface area contributed by atoms with Gasteiger partial charge in [0.05, 0.1) is 0 Å². The molecule has 0 saturated carbocycles. The number of nitrogens with zero attached hydrogens (tertiary/aromatic N) is 2. The second kappa shape index (κ2) is 7.75. The van der Waals surface area contributed by atoms with Gasteiger partial charge in [-0.2, -0.15) is 0 Å². The summed E-state index contributed by atoms with van der Waals surface area (Å²) < 4.78 is 0. The van der Waals surface area contributed by atoms with Gasteiger partial charge >= 0.3 is 0 Å². The van der Waals surface area contributed by atoms with Crippen molar-refractivity contribution in [1.29, 1.82) is 0 Å². The molecule has 2 saturated heterocycles. The summed E-state index contributed by atoms with van der Waals surface area (Å²) in [6.07, 6.45) is 7.55.